The first-order valence-electron chi connectivity index (χ1n) is 19.9. The number of hydrogen-bond acceptors (Lipinski definition) is 11. The smallest absolute Gasteiger partial charge is 0.242 e. The predicted octanol–water partition coefficient (Wildman–Crippen LogP) is 3.34. The van der Waals surface area contributed by atoms with Crippen LogP contribution in [0.15, 0.2) is 41.9 Å². The molecule has 1 aliphatic heterocycles. The fraction of sp³-hybridized carbons (Fsp3) is 0.683. The molecule has 3 rings (SSSR count). The highest BCUT2D eigenvalue weighted by atomic mass is 32.1. The summed E-state index contributed by atoms with van der Waals surface area (Å²) in [4.78, 5) is 65.0. The molecule has 2 heterocycles. The van der Waals surface area contributed by atoms with Gasteiger partial charge >= 0.3 is 0 Å². The number of thiazole rings is 1. The van der Waals surface area contributed by atoms with Gasteiger partial charge in [0.05, 0.1) is 55.3 Å². The van der Waals surface area contributed by atoms with E-state index in [-0.39, 0.29) is 60.5 Å². The van der Waals surface area contributed by atoms with Gasteiger partial charge in [-0.05, 0) is 43.7 Å². The van der Waals surface area contributed by atoms with Crippen LogP contribution in [0.4, 0.5) is 0 Å². The van der Waals surface area contributed by atoms with Crippen molar-refractivity contribution < 1.29 is 28.7 Å². The lowest BCUT2D eigenvalue weighted by Gasteiger charge is -2.39. The second kappa shape index (κ2) is 23.1. The highest BCUT2D eigenvalue weighted by Gasteiger charge is 2.42. The normalized spacial score (nSPS) is 18.3. The van der Waals surface area contributed by atoms with Gasteiger partial charge in [0, 0.05) is 59.5 Å². The Balaban J connectivity index is 1.71. The predicted molar refractivity (Wildman–Crippen MR) is 220 cm³/mol. The van der Waals surface area contributed by atoms with Crippen LogP contribution in [0.25, 0.3) is 0 Å². The van der Waals surface area contributed by atoms with E-state index in [1.165, 1.54) is 11.3 Å². The number of nitrogens with one attached hydrogen (secondary N) is 2. The van der Waals surface area contributed by atoms with E-state index in [1.807, 2.05) is 87.2 Å². The minimum atomic E-state index is -0.607. The number of rotatable bonds is 23. The second-order valence-corrected chi connectivity index (χ2v) is 16.6. The summed E-state index contributed by atoms with van der Waals surface area (Å²) in [6.45, 7) is 11.4. The Hall–Kier alpha value is -3.47. The molecule has 2 aromatic rings. The van der Waals surface area contributed by atoms with E-state index in [1.54, 1.807) is 44.4 Å². The summed E-state index contributed by atoms with van der Waals surface area (Å²) >= 11 is 1.50. The first-order chi connectivity index (χ1) is 26.6. The molecular formula is C41H68N8O6S. The number of benzene rings is 1. The van der Waals surface area contributed by atoms with Crippen molar-refractivity contribution in [1.82, 2.24) is 35.3 Å². The van der Waals surface area contributed by atoms with Crippen molar-refractivity contribution in [3.05, 3.63) is 52.5 Å². The van der Waals surface area contributed by atoms with Gasteiger partial charge in [0.25, 0.3) is 0 Å². The van der Waals surface area contributed by atoms with Gasteiger partial charge in [-0.15, -0.1) is 11.3 Å². The topological polar surface area (TPSA) is 163 Å². The summed E-state index contributed by atoms with van der Waals surface area (Å²) in [5.41, 5.74) is 1.09. The molecule has 0 aliphatic carbocycles. The van der Waals surface area contributed by atoms with E-state index in [9.17, 15) is 19.2 Å². The number of ether oxygens (including phenoxy) is 2. The van der Waals surface area contributed by atoms with Gasteiger partial charge in [0.2, 0.25) is 23.6 Å². The summed E-state index contributed by atoms with van der Waals surface area (Å²) in [5.74, 6) is 4.45. The number of hydrazine groups is 1. The Bertz CT molecular complexity index is 1500. The Morgan fingerprint density at radius 2 is 1.71 bits per heavy atom. The van der Waals surface area contributed by atoms with Crippen molar-refractivity contribution in [1.29, 1.82) is 0 Å². The van der Waals surface area contributed by atoms with Crippen molar-refractivity contribution >= 4 is 35.0 Å². The van der Waals surface area contributed by atoms with Crippen LogP contribution >= 0.6 is 11.3 Å². The summed E-state index contributed by atoms with van der Waals surface area (Å²) < 4.78 is 12.0. The van der Waals surface area contributed by atoms with Crippen molar-refractivity contribution in [3.63, 3.8) is 0 Å². The summed E-state index contributed by atoms with van der Waals surface area (Å²) in [5, 5.41) is 10.4. The fourth-order valence-corrected chi connectivity index (χ4v) is 8.63. The van der Waals surface area contributed by atoms with Crippen LogP contribution in [-0.2, 0) is 35.1 Å². The third-order valence-electron chi connectivity index (χ3n) is 11.2. The minimum Gasteiger partial charge on any atom is -0.379 e. The molecule has 0 bridgehead atoms. The largest absolute Gasteiger partial charge is 0.379 e. The van der Waals surface area contributed by atoms with Crippen molar-refractivity contribution in [2.45, 2.75) is 103 Å². The average Bonchev–Trinajstić information content (AvgIpc) is 3.89. The van der Waals surface area contributed by atoms with Gasteiger partial charge in [-0.2, -0.15) is 0 Å². The highest BCUT2D eigenvalue weighted by Crippen LogP contribution is 2.30. The van der Waals surface area contributed by atoms with Crippen molar-refractivity contribution in [2.24, 2.45) is 23.6 Å². The number of carbonyl (C=O) groups excluding carboxylic acids is 4. The molecule has 1 fully saturated rings. The zero-order valence-corrected chi connectivity index (χ0v) is 36.1. The van der Waals surface area contributed by atoms with Gasteiger partial charge in [-0.25, -0.2) is 9.99 Å². The SMILES string of the molecule is CCC(C)C(C(CC(=O)N1CCCC1C(OC)C(C)C(=O)NC(Cc1ccccc1)c1nccs1)OC)N(C)C(=O)CNC(=O)C(C(C)C)N(C)CCN(C)N. The third-order valence-corrected chi connectivity index (χ3v) is 12.1. The summed E-state index contributed by atoms with van der Waals surface area (Å²) in [6, 6.07) is 8.51. The van der Waals surface area contributed by atoms with Gasteiger partial charge < -0.3 is 29.9 Å². The Morgan fingerprint density at radius 3 is 2.29 bits per heavy atom. The lowest BCUT2D eigenvalue weighted by atomic mass is 9.90. The van der Waals surface area contributed by atoms with E-state index in [0.717, 1.165) is 23.4 Å². The number of likely N-dealkylation sites (tertiary alicyclic amines) is 1. The van der Waals surface area contributed by atoms with Crippen LogP contribution in [0.5, 0.6) is 0 Å². The monoisotopic (exact) mass is 800 g/mol. The zero-order valence-electron chi connectivity index (χ0n) is 35.3. The van der Waals surface area contributed by atoms with Crippen LogP contribution in [0.2, 0.25) is 0 Å². The van der Waals surface area contributed by atoms with Crippen molar-refractivity contribution in [2.75, 3.05) is 61.5 Å². The molecule has 0 saturated carbocycles. The van der Waals surface area contributed by atoms with E-state index in [2.05, 4.69) is 15.6 Å². The van der Waals surface area contributed by atoms with Gasteiger partial charge in [-0.1, -0.05) is 71.4 Å². The molecule has 0 radical (unpaired) electrons. The number of likely N-dealkylation sites (N-methyl/N-ethyl adjacent to an activating group) is 3. The van der Waals surface area contributed by atoms with Gasteiger partial charge in [-0.3, -0.25) is 29.9 Å². The maximum atomic E-state index is 14.2. The van der Waals surface area contributed by atoms with Crippen LogP contribution in [0.3, 0.4) is 0 Å². The molecule has 4 N–H and O–H groups in total. The number of amides is 4. The quantitative estimate of drug-likeness (QED) is 0.112. The summed E-state index contributed by atoms with van der Waals surface area (Å²) in [6.07, 6.45) is 3.45. The van der Waals surface area contributed by atoms with Crippen molar-refractivity contribution in [3.8, 4) is 0 Å². The van der Waals surface area contributed by atoms with Gasteiger partial charge in [0.1, 0.15) is 5.01 Å². The number of nitrogens with zero attached hydrogens (tertiary/aromatic N) is 5. The van der Waals surface area contributed by atoms with Crippen LogP contribution < -0.4 is 16.5 Å². The molecule has 56 heavy (non-hydrogen) atoms. The van der Waals surface area contributed by atoms with E-state index in [4.69, 9.17) is 15.3 Å². The third kappa shape index (κ3) is 13.0. The van der Waals surface area contributed by atoms with E-state index >= 15 is 0 Å². The van der Waals surface area contributed by atoms with Crippen LogP contribution in [0.1, 0.15) is 76.9 Å². The molecule has 1 saturated heterocycles. The number of methoxy groups -OCH3 is 2. The molecule has 15 heteroatoms. The van der Waals surface area contributed by atoms with E-state index < -0.39 is 30.2 Å². The molecular weight excluding hydrogens is 733 g/mol. The fourth-order valence-electron chi connectivity index (χ4n) is 7.94. The lowest BCUT2D eigenvalue weighted by Crippen LogP contribution is -2.55. The average molecular weight is 801 g/mol. The first-order valence-corrected chi connectivity index (χ1v) is 20.8. The molecule has 8 unspecified atom stereocenters. The number of nitrogens with two attached hydrogens (primary N) is 1. The molecule has 314 valence electrons. The van der Waals surface area contributed by atoms with Gasteiger partial charge in [0.15, 0.2) is 0 Å². The van der Waals surface area contributed by atoms with Crippen LogP contribution in [-0.4, -0.2) is 140 Å². The highest BCUT2D eigenvalue weighted by molar-refractivity contribution is 7.09. The number of hydrogen-bond donors (Lipinski definition) is 3. The maximum Gasteiger partial charge on any atom is 0.242 e. The molecule has 14 nitrogen and oxygen atoms in total. The molecule has 1 aromatic heterocycles. The maximum absolute atomic E-state index is 14.2. The Kier molecular flexibility index (Phi) is 19.3. The standard InChI is InChI=1S/C41H68N8O6S/c1-11-28(4)37(48(8)35(51)26-44-40(53)36(27(2)3)46(6)21-22-47(7)42)33(54-9)25-34(50)49-20-15-18-32(49)38(55-10)29(5)39(52)45-31(41-43-19-23-56-41)24-30-16-13-12-14-17-30/h12-14,16-17,19,23,27-29,31-33,36-38H,11,15,18,20-22,24-26,42H2,1-10H3,(H,44,53)(H,45,52). The van der Waals surface area contributed by atoms with E-state index in [0.29, 0.717) is 32.5 Å². The second-order valence-electron chi connectivity index (χ2n) is 15.6. The number of aromatic nitrogens is 1. The lowest BCUT2D eigenvalue weighted by molar-refractivity contribution is -0.146. The first kappa shape index (κ1) is 46.9. The number of carbonyl (C=O) groups is 4. The molecule has 4 amide bonds. The molecule has 0 spiro atoms. The minimum absolute atomic E-state index is 0.00770. The Labute approximate surface area is 338 Å². The molecule has 8 atom stereocenters. The zero-order chi connectivity index (χ0) is 41.5. The molecule has 1 aromatic carbocycles. The summed E-state index contributed by atoms with van der Waals surface area (Å²) in [7, 11) is 8.52. The Morgan fingerprint density at radius 1 is 1.02 bits per heavy atom. The van der Waals surface area contributed by atoms with Crippen LogP contribution in [0, 0.1) is 17.8 Å². The molecule has 1 aliphatic rings.